The maximum atomic E-state index is 13.3. The highest BCUT2D eigenvalue weighted by Gasteiger charge is 2.12. The summed E-state index contributed by atoms with van der Waals surface area (Å²) in [4.78, 5) is 0. The van der Waals surface area contributed by atoms with Crippen LogP contribution >= 0.6 is 0 Å². The molecular weight excluding hydrogens is 273 g/mol. The second kappa shape index (κ2) is 11.6. The Balaban J connectivity index is 2.33. The largest absolute Gasteiger partial charge is 0.382 e. The van der Waals surface area contributed by atoms with E-state index in [1.165, 1.54) is 12.1 Å². The summed E-state index contributed by atoms with van der Waals surface area (Å²) in [5.74, 6) is -0.236. The molecule has 1 aromatic rings. The van der Waals surface area contributed by atoms with Crippen molar-refractivity contribution in [1.29, 1.82) is 0 Å². The SMILES string of the molecule is CCNCC(OCCCOCCOC)c1cccc(F)c1. The normalized spacial score (nSPS) is 12.5. The minimum absolute atomic E-state index is 0.139. The van der Waals surface area contributed by atoms with E-state index in [-0.39, 0.29) is 11.9 Å². The van der Waals surface area contributed by atoms with E-state index in [1.54, 1.807) is 13.2 Å². The fourth-order valence-electron chi connectivity index (χ4n) is 1.89. The zero-order chi connectivity index (χ0) is 15.3. The van der Waals surface area contributed by atoms with Crippen LogP contribution < -0.4 is 5.32 Å². The Kier molecular flexibility index (Phi) is 9.99. The van der Waals surface area contributed by atoms with Crippen molar-refractivity contribution in [3.05, 3.63) is 35.6 Å². The topological polar surface area (TPSA) is 39.7 Å². The number of nitrogens with one attached hydrogen (secondary N) is 1. The van der Waals surface area contributed by atoms with Gasteiger partial charge >= 0.3 is 0 Å². The first-order valence-electron chi connectivity index (χ1n) is 7.42. The average Bonchev–Trinajstić information content (AvgIpc) is 2.49. The second-order valence-corrected chi connectivity index (χ2v) is 4.68. The Morgan fingerprint density at radius 1 is 1.19 bits per heavy atom. The molecule has 1 atom stereocenters. The summed E-state index contributed by atoms with van der Waals surface area (Å²) in [6, 6.07) is 6.57. The molecule has 120 valence electrons. The highest BCUT2D eigenvalue weighted by molar-refractivity contribution is 5.19. The summed E-state index contributed by atoms with van der Waals surface area (Å²) < 4.78 is 29.4. The van der Waals surface area contributed by atoms with Crippen LogP contribution in [-0.2, 0) is 14.2 Å². The van der Waals surface area contributed by atoms with Gasteiger partial charge in [-0.2, -0.15) is 0 Å². The number of hydrogen-bond acceptors (Lipinski definition) is 4. The Morgan fingerprint density at radius 2 is 2.05 bits per heavy atom. The van der Waals surface area contributed by atoms with Crippen LogP contribution in [0.25, 0.3) is 0 Å². The number of rotatable bonds is 12. The summed E-state index contributed by atoms with van der Waals surface area (Å²) in [7, 11) is 1.65. The molecule has 5 heteroatoms. The molecule has 0 aromatic heterocycles. The number of hydrogen-bond donors (Lipinski definition) is 1. The average molecular weight is 299 g/mol. The van der Waals surface area contributed by atoms with Crippen LogP contribution in [-0.4, -0.2) is 46.6 Å². The molecule has 0 fully saturated rings. The molecule has 0 amide bonds. The number of benzene rings is 1. The molecule has 0 aliphatic carbocycles. The maximum absolute atomic E-state index is 13.3. The van der Waals surface area contributed by atoms with Crippen LogP contribution in [0, 0.1) is 5.82 Å². The Hall–Kier alpha value is -1.01. The van der Waals surface area contributed by atoms with E-state index in [0.717, 1.165) is 18.5 Å². The van der Waals surface area contributed by atoms with Gasteiger partial charge in [0.2, 0.25) is 0 Å². The van der Waals surface area contributed by atoms with Crippen molar-refractivity contribution in [2.24, 2.45) is 0 Å². The van der Waals surface area contributed by atoms with Crippen molar-refractivity contribution >= 4 is 0 Å². The molecule has 1 N–H and O–H groups in total. The molecule has 1 rings (SSSR count). The zero-order valence-corrected chi connectivity index (χ0v) is 12.9. The lowest BCUT2D eigenvalue weighted by atomic mass is 10.1. The molecule has 0 saturated carbocycles. The first-order valence-corrected chi connectivity index (χ1v) is 7.42. The third-order valence-corrected chi connectivity index (χ3v) is 2.98. The fraction of sp³-hybridized carbons (Fsp3) is 0.625. The molecule has 1 unspecified atom stereocenters. The van der Waals surface area contributed by atoms with E-state index in [0.29, 0.717) is 33.0 Å². The van der Waals surface area contributed by atoms with Crippen LogP contribution in [0.2, 0.25) is 0 Å². The van der Waals surface area contributed by atoms with E-state index in [4.69, 9.17) is 14.2 Å². The van der Waals surface area contributed by atoms with Crippen molar-refractivity contribution in [1.82, 2.24) is 5.32 Å². The van der Waals surface area contributed by atoms with Crippen molar-refractivity contribution in [3.8, 4) is 0 Å². The summed E-state index contributed by atoms with van der Waals surface area (Å²) in [5.41, 5.74) is 0.858. The van der Waals surface area contributed by atoms with Crippen molar-refractivity contribution in [2.75, 3.05) is 46.6 Å². The third-order valence-electron chi connectivity index (χ3n) is 2.98. The van der Waals surface area contributed by atoms with E-state index in [9.17, 15) is 4.39 Å². The van der Waals surface area contributed by atoms with Crippen LogP contribution in [0.4, 0.5) is 4.39 Å². The molecule has 0 radical (unpaired) electrons. The third kappa shape index (κ3) is 8.12. The minimum atomic E-state index is -0.236. The molecule has 0 bridgehead atoms. The van der Waals surface area contributed by atoms with Gasteiger partial charge in [-0.25, -0.2) is 4.39 Å². The minimum Gasteiger partial charge on any atom is -0.382 e. The molecule has 0 saturated heterocycles. The summed E-state index contributed by atoms with van der Waals surface area (Å²) in [5, 5.41) is 3.24. The van der Waals surface area contributed by atoms with E-state index >= 15 is 0 Å². The highest BCUT2D eigenvalue weighted by atomic mass is 19.1. The first-order chi connectivity index (χ1) is 10.3. The molecule has 21 heavy (non-hydrogen) atoms. The number of likely N-dealkylation sites (N-methyl/N-ethyl adjacent to an activating group) is 1. The molecule has 0 spiro atoms. The summed E-state index contributed by atoms with van der Waals surface area (Å²) in [6.45, 7) is 5.99. The van der Waals surface area contributed by atoms with Crippen LogP contribution in [0.15, 0.2) is 24.3 Å². The molecular formula is C16H26FNO3. The van der Waals surface area contributed by atoms with Crippen molar-refractivity contribution < 1.29 is 18.6 Å². The fourth-order valence-corrected chi connectivity index (χ4v) is 1.89. The van der Waals surface area contributed by atoms with Gasteiger partial charge in [0.15, 0.2) is 0 Å². The van der Waals surface area contributed by atoms with Crippen LogP contribution in [0.5, 0.6) is 0 Å². The lowest BCUT2D eigenvalue weighted by molar-refractivity contribution is 0.0231. The van der Waals surface area contributed by atoms with Gasteiger partial charge in [-0.05, 0) is 30.7 Å². The van der Waals surface area contributed by atoms with E-state index in [1.807, 2.05) is 13.0 Å². The van der Waals surface area contributed by atoms with Gasteiger partial charge in [-0.15, -0.1) is 0 Å². The predicted octanol–water partition coefficient (Wildman–Crippen LogP) is 2.55. The van der Waals surface area contributed by atoms with Gasteiger partial charge in [-0.1, -0.05) is 19.1 Å². The molecule has 0 aliphatic rings. The number of ether oxygens (including phenoxy) is 3. The smallest absolute Gasteiger partial charge is 0.123 e. The van der Waals surface area contributed by atoms with Crippen molar-refractivity contribution in [3.63, 3.8) is 0 Å². The van der Waals surface area contributed by atoms with Gasteiger partial charge in [0.1, 0.15) is 5.82 Å². The summed E-state index contributed by atoms with van der Waals surface area (Å²) >= 11 is 0. The maximum Gasteiger partial charge on any atom is 0.123 e. The quantitative estimate of drug-likeness (QED) is 0.602. The van der Waals surface area contributed by atoms with Gasteiger partial charge in [0.05, 0.1) is 19.3 Å². The molecule has 0 heterocycles. The van der Waals surface area contributed by atoms with Crippen LogP contribution in [0.3, 0.4) is 0 Å². The zero-order valence-electron chi connectivity index (χ0n) is 12.9. The lowest BCUT2D eigenvalue weighted by Gasteiger charge is -2.19. The van der Waals surface area contributed by atoms with Crippen LogP contribution in [0.1, 0.15) is 25.0 Å². The number of methoxy groups -OCH3 is 1. The van der Waals surface area contributed by atoms with Gasteiger partial charge in [0, 0.05) is 26.9 Å². The van der Waals surface area contributed by atoms with Gasteiger partial charge in [-0.3, -0.25) is 0 Å². The molecule has 4 nitrogen and oxygen atoms in total. The molecule has 0 aliphatic heterocycles. The summed E-state index contributed by atoms with van der Waals surface area (Å²) in [6.07, 6.45) is 0.668. The van der Waals surface area contributed by atoms with Gasteiger partial charge in [0.25, 0.3) is 0 Å². The van der Waals surface area contributed by atoms with Crippen molar-refractivity contribution in [2.45, 2.75) is 19.4 Å². The van der Waals surface area contributed by atoms with Gasteiger partial charge < -0.3 is 19.5 Å². The Labute approximate surface area is 126 Å². The second-order valence-electron chi connectivity index (χ2n) is 4.68. The Bertz CT molecular complexity index is 376. The predicted molar refractivity (Wildman–Crippen MR) is 80.9 cm³/mol. The first kappa shape index (κ1) is 18.0. The van der Waals surface area contributed by atoms with E-state index < -0.39 is 0 Å². The lowest BCUT2D eigenvalue weighted by Crippen LogP contribution is -2.23. The van der Waals surface area contributed by atoms with E-state index in [2.05, 4.69) is 5.32 Å². The highest BCUT2D eigenvalue weighted by Crippen LogP contribution is 2.18. The monoisotopic (exact) mass is 299 g/mol. The Morgan fingerprint density at radius 3 is 2.76 bits per heavy atom. The molecule has 1 aromatic carbocycles. The standard InChI is InChI=1S/C16H26FNO3/c1-3-18-13-16(14-6-4-7-15(17)12-14)21-9-5-8-20-11-10-19-2/h4,6-7,12,16,18H,3,5,8-11,13H2,1-2H3. The number of halogens is 1.